The molecule has 0 aromatic rings. The Morgan fingerprint density at radius 1 is 1.67 bits per heavy atom. The van der Waals surface area contributed by atoms with Crippen molar-refractivity contribution in [1.82, 2.24) is 10.6 Å². The highest BCUT2D eigenvalue weighted by Gasteiger charge is 2.36. The first-order valence-electron chi connectivity index (χ1n) is 5.62. The van der Waals surface area contributed by atoms with Gasteiger partial charge in [-0.15, -0.1) is 0 Å². The number of amides is 1. The van der Waals surface area contributed by atoms with Gasteiger partial charge in [0.25, 0.3) is 0 Å². The van der Waals surface area contributed by atoms with Gasteiger partial charge in [0.05, 0.1) is 12.1 Å². The summed E-state index contributed by atoms with van der Waals surface area (Å²) in [4.78, 5) is 11.8. The fraction of sp³-hybridized carbons (Fsp3) is 0.909. The van der Waals surface area contributed by atoms with Gasteiger partial charge in [0.1, 0.15) is 0 Å². The zero-order valence-electron chi connectivity index (χ0n) is 9.84. The highest BCUT2D eigenvalue weighted by Crippen LogP contribution is 2.29. The van der Waals surface area contributed by atoms with Crippen LogP contribution in [0.25, 0.3) is 0 Å². The molecule has 0 bridgehead atoms. The quantitative estimate of drug-likeness (QED) is 0.631. The molecule has 88 valence electrons. The van der Waals surface area contributed by atoms with Crippen molar-refractivity contribution >= 4 is 5.91 Å². The SMILES string of the molecule is C[C@H](O)CNC(=O)C1NCCCC1(C)C. The summed E-state index contributed by atoms with van der Waals surface area (Å²) in [5.41, 5.74) is 0.00102. The molecular formula is C11H22N2O2. The Kier molecular flexibility index (Phi) is 4.11. The van der Waals surface area contributed by atoms with Crippen molar-refractivity contribution in [2.24, 2.45) is 5.41 Å². The van der Waals surface area contributed by atoms with Crippen molar-refractivity contribution in [3.05, 3.63) is 0 Å². The molecule has 0 aromatic carbocycles. The van der Waals surface area contributed by atoms with E-state index in [1.165, 1.54) is 0 Å². The monoisotopic (exact) mass is 214 g/mol. The van der Waals surface area contributed by atoms with Crippen molar-refractivity contribution in [3.8, 4) is 0 Å². The highest BCUT2D eigenvalue weighted by atomic mass is 16.3. The van der Waals surface area contributed by atoms with Gasteiger partial charge in [0.15, 0.2) is 0 Å². The Hall–Kier alpha value is -0.610. The predicted molar refractivity (Wildman–Crippen MR) is 59.5 cm³/mol. The smallest absolute Gasteiger partial charge is 0.237 e. The summed E-state index contributed by atoms with van der Waals surface area (Å²) in [6.07, 6.45) is 1.69. The van der Waals surface area contributed by atoms with Crippen LogP contribution < -0.4 is 10.6 Å². The van der Waals surface area contributed by atoms with Gasteiger partial charge in [-0.1, -0.05) is 13.8 Å². The minimum atomic E-state index is -0.486. The molecular weight excluding hydrogens is 192 g/mol. The van der Waals surface area contributed by atoms with Crippen LogP contribution in [-0.4, -0.2) is 36.2 Å². The maximum atomic E-state index is 11.8. The third-order valence-corrected chi connectivity index (χ3v) is 2.96. The third kappa shape index (κ3) is 3.47. The summed E-state index contributed by atoms with van der Waals surface area (Å²) in [5, 5.41) is 15.1. The van der Waals surface area contributed by atoms with Gasteiger partial charge < -0.3 is 15.7 Å². The summed E-state index contributed by atoms with van der Waals surface area (Å²) in [5.74, 6) is 0.000556. The normalized spacial score (nSPS) is 27.1. The molecule has 1 amide bonds. The van der Waals surface area contributed by atoms with Crippen molar-refractivity contribution in [2.75, 3.05) is 13.1 Å². The van der Waals surface area contributed by atoms with E-state index in [9.17, 15) is 4.79 Å². The molecule has 1 unspecified atom stereocenters. The van der Waals surface area contributed by atoms with E-state index in [-0.39, 0.29) is 17.4 Å². The van der Waals surface area contributed by atoms with Crippen LogP contribution >= 0.6 is 0 Å². The molecule has 4 nitrogen and oxygen atoms in total. The molecule has 1 fully saturated rings. The molecule has 1 aliphatic heterocycles. The van der Waals surface area contributed by atoms with Crippen molar-refractivity contribution < 1.29 is 9.90 Å². The molecule has 0 spiro atoms. The van der Waals surface area contributed by atoms with Crippen molar-refractivity contribution in [2.45, 2.75) is 45.8 Å². The average molecular weight is 214 g/mol. The molecule has 0 aromatic heterocycles. The first kappa shape index (κ1) is 12.5. The minimum absolute atomic E-state index is 0.000556. The second kappa shape index (κ2) is 4.94. The van der Waals surface area contributed by atoms with Gasteiger partial charge in [-0.05, 0) is 31.7 Å². The zero-order chi connectivity index (χ0) is 11.5. The number of aliphatic hydroxyl groups is 1. The largest absolute Gasteiger partial charge is 0.392 e. The molecule has 4 heteroatoms. The van der Waals surface area contributed by atoms with E-state index in [0.717, 1.165) is 19.4 Å². The number of carbonyl (C=O) groups is 1. The molecule has 0 saturated carbocycles. The third-order valence-electron chi connectivity index (χ3n) is 2.96. The molecule has 15 heavy (non-hydrogen) atoms. The summed E-state index contributed by atoms with van der Waals surface area (Å²) in [6, 6.07) is -0.134. The second-order valence-electron chi connectivity index (χ2n) is 5.07. The summed E-state index contributed by atoms with van der Waals surface area (Å²) < 4.78 is 0. The topological polar surface area (TPSA) is 61.4 Å². The lowest BCUT2D eigenvalue weighted by molar-refractivity contribution is -0.127. The first-order valence-corrected chi connectivity index (χ1v) is 5.62. The Morgan fingerprint density at radius 2 is 2.33 bits per heavy atom. The van der Waals surface area contributed by atoms with E-state index >= 15 is 0 Å². The van der Waals surface area contributed by atoms with Gasteiger partial charge in [-0.3, -0.25) is 4.79 Å². The predicted octanol–water partition coefficient (Wildman–Crippen LogP) is 0.262. The van der Waals surface area contributed by atoms with Crippen LogP contribution in [0.3, 0.4) is 0 Å². The molecule has 0 aliphatic carbocycles. The van der Waals surface area contributed by atoms with Crippen LogP contribution in [0.4, 0.5) is 0 Å². The van der Waals surface area contributed by atoms with Crippen LogP contribution in [0.2, 0.25) is 0 Å². The number of piperidine rings is 1. The molecule has 1 saturated heterocycles. The fourth-order valence-electron chi connectivity index (χ4n) is 2.01. The fourth-order valence-corrected chi connectivity index (χ4v) is 2.01. The van der Waals surface area contributed by atoms with Crippen molar-refractivity contribution in [3.63, 3.8) is 0 Å². The number of carbonyl (C=O) groups excluding carboxylic acids is 1. The van der Waals surface area contributed by atoms with Gasteiger partial charge in [-0.25, -0.2) is 0 Å². The Balaban J connectivity index is 2.49. The van der Waals surface area contributed by atoms with Crippen LogP contribution in [-0.2, 0) is 4.79 Å². The summed E-state index contributed by atoms with van der Waals surface area (Å²) in [6.45, 7) is 7.10. The van der Waals surface area contributed by atoms with Crippen LogP contribution in [0.1, 0.15) is 33.6 Å². The number of aliphatic hydroxyl groups excluding tert-OH is 1. The molecule has 3 N–H and O–H groups in total. The van der Waals surface area contributed by atoms with Crippen LogP contribution in [0.15, 0.2) is 0 Å². The lowest BCUT2D eigenvalue weighted by atomic mass is 9.77. The van der Waals surface area contributed by atoms with E-state index in [1.54, 1.807) is 6.92 Å². The Morgan fingerprint density at radius 3 is 2.87 bits per heavy atom. The average Bonchev–Trinajstić information content (AvgIpc) is 2.13. The van der Waals surface area contributed by atoms with E-state index < -0.39 is 6.10 Å². The maximum Gasteiger partial charge on any atom is 0.237 e. The standard InChI is InChI=1S/C11H22N2O2/c1-8(14)7-13-10(15)9-11(2,3)5-4-6-12-9/h8-9,12,14H,4-7H2,1-3H3,(H,13,15)/t8-,9?/m0/s1. The van der Waals surface area contributed by atoms with Gasteiger partial charge in [-0.2, -0.15) is 0 Å². The lowest BCUT2D eigenvalue weighted by Gasteiger charge is -2.38. The highest BCUT2D eigenvalue weighted by molar-refractivity contribution is 5.82. The molecule has 0 radical (unpaired) electrons. The summed E-state index contributed by atoms with van der Waals surface area (Å²) >= 11 is 0. The van der Waals surface area contributed by atoms with Crippen molar-refractivity contribution in [1.29, 1.82) is 0 Å². The van der Waals surface area contributed by atoms with E-state index in [4.69, 9.17) is 5.11 Å². The van der Waals surface area contributed by atoms with Gasteiger partial charge in [0, 0.05) is 6.54 Å². The van der Waals surface area contributed by atoms with Gasteiger partial charge >= 0.3 is 0 Å². The number of hydrogen-bond acceptors (Lipinski definition) is 3. The first-order chi connectivity index (χ1) is 6.93. The second-order valence-corrected chi connectivity index (χ2v) is 5.07. The van der Waals surface area contributed by atoms with Gasteiger partial charge in [0.2, 0.25) is 5.91 Å². The Bertz CT molecular complexity index is 227. The van der Waals surface area contributed by atoms with Crippen LogP contribution in [0.5, 0.6) is 0 Å². The number of hydrogen-bond donors (Lipinski definition) is 3. The zero-order valence-corrected chi connectivity index (χ0v) is 9.84. The summed E-state index contributed by atoms with van der Waals surface area (Å²) in [7, 11) is 0. The lowest BCUT2D eigenvalue weighted by Crippen LogP contribution is -2.56. The molecule has 1 heterocycles. The van der Waals surface area contributed by atoms with E-state index in [0.29, 0.717) is 6.54 Å². The minimum Gasteiger partial charge on any atom is -0.392 e. The van der Waals surface area contributed by atoms with E-state index in [1.807, 2.05) is 0 Å². The number of nitrogens with one attached hydrogen (secondary N) is 2. The molecule has 2 atom stereocenters. The molecule has 1 aliphatic rings. The Labute approximate surface area is 91.4 Å². The molecule has 1 rings (SSSR count). The van der Waals surface area contributed by atoms with E-state index in [2.05, 4.69) is 24.5 Å². The maximum absolute atomic E-state index is 11.8. The van der Waals surface area contributed by atoms with Crippen LogP contribution in [0, 0.1) is 5.41 Å². The number of rotatable bonds is 3.